The minimum absolute atomic E-state index is 0.0909. The molecular formula is C21H20ClFN2O3. The summed E-state index contributed by atoms with van der Waals surface area (Å²) in [6, 6.07) is 13.3. The maximum absolute atomic E-state index is 12.9. The SMILES string of the molecule is O=C(NCCc1ccc(F)cc1)C1CN(CCc2ccc(Cl)cc2)C(=O)C1=O. The maximum Gasteiger partial charge on any atom is 0.290 e. The van der Waals surface area contributed by atoms with E-state index in [4.69, 9.17) is 11.6 Å². The van der Waals surface area contributed by atoms with Crippen LogP contribution in [-0.4, -0.2) is 42.1 Å². The first-order valence-electron chi connectivity index (χ1n) is 9.04. The normalized spacial score (nSPS) is 16.5. The van der Waals surface area contributed by atoms with Gasteiger partial charge in [-0.25, -0.2) is 4.39 Å². The quantitative estimate of drug-likeness (QED) is 0.571. The van der Waals surface area contributed by atoms with Gasteiger partial charge in [0.1, 0.15) is 11.7 Å². The first-order chi connectivity index (χ1) is 13.4. The van der Waals surface area contributed by atoms with E-state index in [1.165, 1.54) is 17.0 Å². The van der Waals surface area contributed by atoms with Gasteiger partial charge in [-0.2, -0.15) is 0 Å². The summed E-state index contributed by atoms with van der Waals surface area (Å²) in [6.45, 7) is 0.770. The lowest BCUT2D eigenvalue weighted by Gasteiger charge is -2.15. The van der Waals surface area contributed by atoms with E-state index < -0.39 is 23.5 Å². The van der Waals surface area contributed by atoms with Crippen LogP contribution in [0.3, 0.4) is 0 Å². The highest BCUT2D eigenvalue weighted by Gasteiger charge is 2.42. The van der Waals surface area contributed by atoms with Crippen molar-refractivity contribution in [2.75, 3.05) is 19.6 Å². The predicted molar refractivity (Wildman–Crippen MR) is 103 cm³/mol. The van der Waals surface area contributed by atoms with Gasteiger partial charge in [-0.15, -0.1) is 0 Å². The number of hydrogen-bond acceptors (Lipinski definition) is 3. The highest BCUT2D eigenvalue weighted by Crippen LogP contribution is 2.16. The second-order valence-corrected chi connectivity index (χ2v) is 7.15. The number of benzene rings is 2. The Morgan fingerprint density at radius 1 is 1.04 bits per heavy atom. The summed E-state index contributed by atoms with van der Waals surface area (Å²) >= 11 is 5.85. The van der Waals surface area contributed by atoms with Crippen LogP contribution in [0, 0.1) is 11.7 Å². The number of nitrogens with zero attached hydrogens (tertiary/aromatic N) is 1. The molecule has 28 heavy (non-hydrogen) atoms. The summed E-state index contributed by atoms with van der Waals surface area (Å²) in [5.74, 6) is -3.04. The number of Topliss-reactive ketones (excluding diaryl/α,β-unsaturated/α-hetero) is 1. The average Bonchev–Trinajstić information content (AvgIpc) is 2.97. The Bertz CT molecular complexity index is 868. The van der Waals surface area contributed by atoms with Gasteiger partial charge in [0, 0.05) is 24.7 Å². The standard InChI is InChI=1S/C21H20ClFN2O3/c22-16-5-1-15(2-6-16)10-12-25-13-18(19(26)21(25)28)20(27)24-11-9-14-3-7-17(23)8-4-14/h1-8,18H,9-13H2,(H,24,27). The average molecular weight is 403 g/mol. The van der Waals surface area contributed by atoms with Crippen LogP contribution in [0.15, 0.2) is 48.5 Å². The first kappa shape index (κ1) is 20.0. The fraction of sp³-hybridized carbons (Fsp3) is 0.286. The number of ketones is 1. The summed E-state index contributed by atoms with van der Waals surface area (Å²) in [5, 5.41) is 3.33. The molecule has 1 atom stereocenters. The van der Waals surface area contributed by atoms with Gasteiger partial charge in [-0.1, -0.05) is 35.9 Å². The topological polar surface area (TPSA) is 66.5 Å². The zero-order valence-corrected chi connectivity index (χ0v) is 15.9. The molecule has 0 aliphatic carbocycles. The van der Waals surface area contributed by atoms with Crippen LogP contribution in [0.25, 0.3) is 0 Å². The monoisotopic (exact) mass is 402 g/mol. The molecule has 1 aliphatic rings. The van der Waals surface area contributed by atoms with Crippen LogP contribution in [0.5, 0.6) is 0 Å². The van der Waals surface area contributed by atoms with Crippen molar-refractivity contribution in [3.05, 3.63) is 70.5 Å². The zero-order chi connectivity index (χ0) is 20.1. The Balaban J connectivity index is 1.49. The van der Waals surface area contributed by atoms with E-state index in [1.54, 1.807) is 24.3 Å². The van der Waals surface area contributed by atoms with Crippen LogP contribution in [-0.2, 0) is 27.2 Å². The van der Waals surface area contributed by atoms with Crippen molar-refractivity contribution in [2.45, 2.75) is 12.8 Å². The Labute approximate surface area is 167 Å². The van der Waals surface area contributed by atoms with Gasteiger partial charge < -0.3 is 10.2 Å². The van der Waals surface area contributed by atoms with Gasteiger partial charge in [0.15, 0.2) is 0 Å². The van der Waals surface area contributed by atoms with Crippen molar-refractivity contribution >= 4 is 29.2 Å². The van der Waals surface area contributed by atoms with Gasteiger partial charge in [-0.05, 0) is 48.2 Å². The largest absolute Gasteiger partial charge is 0.355 e. The second-order valence-electron chi connectivity index (χ2n) is 6.71. The summed E-state index contributed by atoms with van der Waals surface area (Å²) in [7, 11) is 0. The van der Waals surface area contributed by atoms with Gasteiger partial charge in [-0.3, -0.25) is 14.4 Å². The molecule has 1 unspecified atom stereocenters. The molecule has 5 nitrogen and oxygen atoms in total. The second kappa shape index (κ2) is 8.97. The van der Waals surface area contributed by atoms with Crippen LogP contribution in [0.2, 0.25) is 5.02 Å². The number of carbonyl (C=O) groups excluding carboxylic acids is 3. The van der Waals surface area contributed by atoms with Crippen LogP contribution in [0.1, 0.15) is 11.1 Å². The summed E-state index contributed by atoms with van der Waals surface area (Å²) < 4.78 is 12.9. The van der Waals surface area contributed by atoms with Crippen LogP contribution >= 0.6 is 11.6 Å². The Hall–Kier alpha value is -2.73. The number of hydrogen-bond donors (Lipinski definition) is 1. The van der Waals surface area contributed by atoms with Gasteiger partial charge in [0.25, 0.3) is 5.91 Å². The minimum atomic E-state index is -0.981. The molecule has 1 aliphatic heterocycles. The number of carbonyl (C=O) groups is 3. The smallest absolute Gasteiger partial charge is 0.290 e. The van der Waals surface area contributed by atoms with Crippen LogP contribution in [0.4, 0.5) is 4.39 Å². The Morgan fingerprint density at radius 3 is 2.32 bits per heavy atom. The van der Waals surface area contributed by atoms with Crippen molar-refractivity contribution in [2.24, 2.45) is 5.92 Å². The molecule has 0 bridgehead atoms. The van der Waals surface area contributed by atoms with Gasteiger partial charge >= 0.3 is 0 Å². The molecule has 2 amide bonds. The molecule has 7 heteroatoms. The Morgan fingerprint density at radius 2 is 1.64 bits per heavy atom. The minimum Gasteiger partial charge on any atom is -0.355 e. The third-order valence-electron chi connectivity index (χ3n) is 4.74. The van der Waals surface area contributed by atoms with E-state index in [1.807, 2.05) is 12.1 Å². The third kappa shape index (κ3) is 4.95. The fourth-order valence-electron chi connectivity index (χ4n) is 3.11. The lowest BCUT2D eigenvalue weighted by Crippen LogP contribution is -2.36. The molecule has 2 aromatic carbocycles. The molecule has 0 spiro atoms. The molecule has 2 aromatic rings. The van der Waals surface area contributed by atoms with Crippen LogP contribution < -0.4 is 5.32 Å². The predicted octanol–water partition coefficient (Wildman–Crippen LogP) is 2.41. The molecule has 3 rings (SSSR count). The summed E-state index contributed by atoms with van der Waals surface area (Å²) in [6.07, 6.45) is 1.09. The molecule has 1 heterocycles. The van der Waals surface area contributed by atoms with Crippen molar-refractivity contribution in [3.8, 4) is 0 Å². The van der Waals surface area contributed by atoms with E-state index in [9.17, 15) is 18.8 Å². The van der Waals surface area contributed by atoms with E-state index in [0.29, 0.717) is 31.0 Å². The van der Waals surface area contributed by atoms with Crippen molar-refractivity contribution in [1.82, 2.24) is 10.2 Å². The van der Waals surface area contributed by atoms with E-state index in [-0.39, 0.29) is 12.4 Å². The fourth-order valence-corrected chi connectivity index (χ4v) is 3.23. The third-order valence-corrected chi connectivity index (χ3v) is 5.00. The molecule has 1 N–H and O–H groups in total. The number of likely N-dealkylation sites (tertiary alicyclic amines) is 1. The van der Waals surface area contributed by atoms with Gasteiger partial charge in [0.05, 0.1) is 0 Å². The Kier molecular flexibility index (Phi) is 6.41. The first-order valence-corrected chi connectivity index (χ1v) is 9.41. The van der Waals surface area contributed by atoms with Crippen molar-refractivity contribution < 1.29 is 18.8 Å². The van der Waals surface area contributed by atoms with Gasteiger partial charge in [0.2, 0.25) is 11.7 Å². The number of amides is 2. The highest BCUT2D eigenvalue weighted by molar-refractivity contribution is 6.42. The molecule has 0 aromatic heterocycles. The molecule has 1 saturated heterocycles. The highest BCUT2D eigenvalue weighted by atomic mass is 35.5. The summed E-state index contributed by atoms with van der Waals surface area (Å²) in [4.78, 5) is 38.1. The molecule has 0 saturated carbocycles. The number of rotatable bonds is 7. The maximum atomic E-state index is 12.9. The molecule has 146 valence electrons. The lowest BCUT2D eigenvalue weighted by atomic mass is 10.1. The number of nitrogens with one attached hydrogen (secondary N) is 1. The number of halogens is 2. The zero-order valence-electron chi connectivity index (χ0n) is 15.2. The molecule has 0 radical (unpaired) electrons. The summed E-state index contributed by atoms with van der Waals surface area (Å²) in [5.41, 5.74) is 1.87. The van der Waals surface area contributed by atoms with E-state index in [2.05, 4.69) is 5.32 Å². The lowest BCUT2D eigenvalue weighted by molar-refractivity contribution is -0.142. The van der Waals surface area contributed by atoms with E-state index >= 15 is 0 Å². The van der Waals surface area contributed by atoms with Crippen molar-refractivity contribution in [3.63, 3.8) is 0 Å². The van der Waals surface area contributed by atoms with E-state index in [0.717, 1.165) is 11.1 Å². The molecular weight excluding hydrogens is 383 g/mol. The van der Waals surface area contributed by atoms with Crippen molar-refractivity contribution in [1.29, 1.82) is 0 Å². The molecule has 1 fully saturated rings.